The Bertz CT molecular complexity index is 1380. The highest BCUT2D eigenvalue weighted by molar-refractivity contribution is 6.10. The van der Waals surface area contributed by atoms with Gasteiger partial charge < -0.3 is 28.3 Å². The van der Waals surface area contributed by atoms with Crippen LogP contribution in [-0.4, -0.2) is 77.8 Å². The number of carbonyl (C=O) groups is 1. The van der Waals surface area contributed by atoms with Crippen molar-refractivity contribution < 1.29 is 32.9 Å². The first-order chi connectivity index (χ1) is 20.7. The van der Waals surface area contributed by atoms with Gasteiger partial charge in [-0.2, -0.15) is 0 Å². The molecule has 6 heterocycles. The summed E-state index contributed by atoms with van der Waals surface area (Å²) in [5.41, 5.74) is 2.08. The molecule has 1 aromatic carbocycles. The fourth-order valence-electron chi connectivity index (χ4n) is 6.45. The fraction of sp³-hybridized carbons (Fsp3) is 0.581. The van der Waals surface area contributed by atoms with Crippen LogP contribution in [0.1, 0.15) is 67.1 Å². The number of alkyl halides is 1. The highest BCUT2D eigenvalue weighted by Crippen LogP contribution is 2.41. The average Bonchev–Trinajstić information content (AvgIpc) is 3.48. The summed E-state index contributed by atoms with van der Waals surface area (Å²) in [6, 6.07) is 9.17. The van der Waals surface area contributed by atoms with Crippen molar-refractivity contribution in [3.8, 4) is 0 Å². The van der Waals surface area contributed by atoms with Crippen molar-refractivity contribution in [2.75, 3.05) is 31.3 Å². The molecule has 0 saturated carbocycles. The van der Waals surface area contributed by atoms with E-state index in [1.807, 2.05) is 24.4 Å². The number of hydrogen-bond donors (Lipinski definition) is 0. The summed E-state index contributed by atoms with van der Waals surface area (Å²) >= 11 is 0. The largest absolute Gasteiger partial charge is 0.353 e. The van der Waals surface area contributed by atoms with Gasteiger partial charge in [0.05, 0.1) is 12.0 Å². The molecule has 1 amide bonds. The third kappa shape index (κ3) is 5.44. The van der Waals surface area contributed by atoms with Gasteiger partial charge in [-0.05, 0) is 69.1 Å². The van der Waals surface area contributed by atoms with Gasteiger partial charge in [-0.15, -0.1) is 0 Å². The Morgan fingerprint density at radius 2 is 1.79 bits per heavy atom. The van der Waals surface area contributed by atoms with Crippen molar-refractivity contribution in [2.24, 2.45) is 0 Å². The van der Waals surface area contributed by atoms with Crippen LogP contribution in [-0.2, 0) is 30.1 Å². The number of benzene rings is 1. The third-order valence-corrected chi connectivity index (χ3v) is 8.59. The van der Waals surface area contributed by atoms with Gasteiger partial charge in [-0.25, -0.2) is 14.4 Å². The standard InChI is InChI=1S/C31H37FN4O6/c32-26-27(42-24-13-5-7-16-39-24)22(18-40-23-12-4-6-15-38-23)41-31(26)36-17-21-11-8-14-35(28-25(21)29(36)34-19-33-28)30(37)20-9-2-1-3-10-20/h1-3,9-10,17,19,22-24,26-27,31H,4-8,11-16,18H2/t22-,23?,24?,26-,27-,31-/m1/s1. The minimum atomic E-state index is -1.50. The van der Waals surface area contributed by atoms with Crippen molar-refractivity contribution in [2.45, 2.75) is 88.6 Å². The van der Waals surface area contributed by atoms with E-state index in [4.69, 9.17) is 23.7 Å². The minimum Gasteiger partial charge on any atom is -0.353 e. The maximum absolute atomic E-state index is 16.5. The second-order valence-electron chi connectivity index (χ2n) is 11.4. The molecule has 0 aliphatic carbocycles. The van der Waals surface area contributed by atoms with Crippen LogP contribution >= 0.6 is 0 Å². The van der Waals surface area contributed by atoms with E-state index in [1.54, 1.807) is 21.6 Å². The van der Waals surface area contributed by atoms with E-state index in [-0.39, 0.29) is 18.8 Å². The molecule has 10 nitrogen and oxygen atoms in total. The lowest BCUT2D eigenvalue weighted by molar-refractivity contribution is -0.220. The highest BCUT2D eigenvalue weighted by Gasteiger charge is 2.49. The van der Waals surface area contributed by atoms with Gasteiger partial charge in [0.25, 0.3) is 5.91 Å². The van der Waals surface area contributed by atoms with Crippen molar-refractivity contribution in [1.29, 1.82) is 0 Å². The fourth-order valence-corrected chi connectivity index (χ4v) is 6.45. The molecule has 7 rings (SSSR count). The number of rotatable bonds is 7. The molecule has 11 heteroatoms. The second kappa shape index (κ2) is 12.3. The number of nitrogens with zero attached hydrogens (tertiary/aromatic N) is 4. The Hall–Kier alpha value is -2.96. The van der Waals surface area contributed by atoms with Crippen molar-refractivity contribution in [3.05, 3.63) is 54.0 Å². The van der Waals surface area contributed by atoms with E-state index < -0.39 is 30.9 Å². The van der Waals surface area contributed by atoms with Gasteiger partial charge in [0.15, 0.2) is 25.0 Å². The summed E-state index contributed by atoms with van der Waals surface area (Å²) in [4.78, 5) is 24.3. The summed E-state index contributed by atoms with van der Waals surface area (Å²) in [7, 11) is 0. The number of aryl methyl sites for hydroxylation is 1. The van der Waals surface area contributed by atoms with Crippen LogP contribution in [0, 0.1) is 0 Å². The zero-order valence-corrected chi connectivity index (χ0v) is 23.6. The third-order valence-electron chi connectivity index (χ3n) is 8.59. The molecule has 0 radical (unpaired) electrons. The zero-order chi connectivity index (χ0) is 28.5. The molecule has 3 fully saturated rings. The predicted molar refractivity (Wildman–Crippen MR) is 151 cm³/mol. The maximum atomic E-state index is 16.5. The second-order valence-corrected chi connectivity index (χ2v) is 11.4. The van der Waals surface area contributed by atoms with Crippen LogP contribution in [0.15, 0.2) is 42.9 Å². The van der Waals surface area contributed by atoms with Crippen LogP contribution in [0.25, 0.3) is 11.0 Å². The molecule has 3 aromatic rings. The summed E-state index contributed by atoms with van der Waals surface area (Å²) < 4.78 is 48.4. The smallest absolute Gasteiger partial charge is 0.259 e. The molecular weight excluding hydrogens is 543 g/mol. The van der Waals surface area contributed by atoms with Gasteiger partial charge in [-0.3, -0.25) is 9.69 Å². The molecule has 2 aromatic heterocycles. The molecule has 0 N–H and O–H groups in total. The van der Waals surface area contributed by atoms with Crippen LogP contribution in [0.4, 0.5) is 10.2 Å². The first-order valence-electron chi connectivity index (χ1n) is 15.2. The number of ether oxygens (including phenoxy) is 5. The van der Waals surface area contributed by atoms with Crippen molar-refractivity contribution in [3.63, 3.8) is 0 Å². The Morgan fingerprint density at radius 3 is 2.55 bits per heavy atom. The van der Waals surface area contributed by atoms with E-state index in [1.165, 1.54) is 6.33 Å². The lowest BCUT2D eigenvalue weighted by Crippen LogP contribution is -2.40. The van der Waals surface area contributed by atoms with Crippen molar-refractivity contribution >= 4 is 22.8 Å². The molecule has 3 saturated heterocycles. The lowest BCUT2D eigenvalue weighted by Gasteiger charge is -2.29. The summed E-state index contributed by atoms with van der Waals surface area (Å²) in [5, 5.41) is 0.749. The van der Waals surface area contributed by atoms with E-state index in [9.17, 15) is 4.79 Å². The van der Waals surface area contributed by atoms with Gasteiger partial charge in [0, 0.05) is 31.5 Å². The van der Waals surface area contributed by atoms with Gasteiger partial charge in [0.1, 0.15) is 30.0 Å². The predicted octanol–water partition coefficient (Wildman–Crippen LogP) is 4.71. The quantitative estimate of drug-likeness (QED) is 0.396. The molecular formula is C31H37FN4O6. The topological polar surface area (TPSA) is 97.2 Å². The maximum Gasteiger partial charge on any atom is 0.259 e. The molecule has 0 spiro atoms. The molecule has 224 valence electrons. The Morgan fingerprint density at radius 1 is 1.00 bits per heavy atom. The van der Waals surface area contributed by atoms with E-state index >= 15 is 4.39 Å². The number of anilines is 1. The first kappa shape index (κ1) is 27.8. The van der Waals surface area contributed by atoms with Gasteiger partial charge in [-0.1, -0.05) is 18.2 Å². The Kier molecular flexibility index (Phi) is 8.18. The van der Waals surface area contributed by atoms with Crippen LogP contribution in [0.5, 0.6) is 0 Å². The van der Waals surface area contributed by atoms with E-state index in [0.717, 1.165) is 49.5 Å². The number of hydrogen-bond acceptors (Lipinski definition) is 8. The summed E-state index contributed by atoms with van der Waals surface area (Å²) in [5.74, 6) is 0.408. The normalized spacial score (nSPS) is 30.0. The van der Waals surface area contributed by atoms with Crippen LogP contribution in [0.3, 0.4) is 0 Å². The van der Waals surface area contributed by atoms with Gasteiger partial charge >= 0.3 is 0 Å². The van der Waals surface area contributed by atoms with Crippen LogP contribution < -0.4 is 4.90 Å². The first-order valence-corrected chi connectivity index (χ1v) is 15.2. The number of halogens is 1. The highest BCUT2D eigenvalue weighted by atomic mass is 19.1. The molecule has 6 atom stereocenters. The van der Waals surface area contributed by atoms with E-state index in [0.29, 0.717) is 49.6 Å². The SMILES string of the molecule is O=C(c1ccccc1)N1CCCc2cn([C@@H]3O[C@H](COC4CCCCO4)[C@@H](OC4CCCCO4)[C@H]3F)c3ncnc1c23. The summed E-state index contributed by atoms with van der Waals surface area (Å²) in [6.07, 6.45) is 5.44. The van der Waals surface area contributed by atoms with E-state index in [2.05, 4.69) is 9.97 Å². The molecule has 4 aliphatic heterocycles. The molecule has 4 aliphatic rings. The zero-order valence-electron chi connectivity index (χ0n) is 23.6. The molecule has 0 bridgehead atoms. The monoisotopic (exact) mass is 580 g/mol. The number of amides is 1. The number of aromatic nitrogens is 3. The average molecular weight is 581 g/mol. The lowest BCUT2D eigenvalue weighted by atomic mass is 10.1. The van der Waals surface area contributed by atoms with Crippen LogP contribution in [0.2, 0.25) is 0 Å². The molecule has 2 unspecified atom stereocenters. The minimum absolute atomic E-state index is 0.125. The van der Waals surface area contributed by atoms with Gasteiger partial charge in [0.2, 0.25) is 0 Å². The van der Waals surface area contributed by atoms with Crippen molar-refractivity contribution in [1.82, 2.24) is 14.5 Å². The number of carbonyl (C=O) groups excluding carboxylic acids is 1. The Balaban J connectivity index is 1.19. The molecule has 42 heavy (non-hydrogen) atoms. The summed E-state index contributed by atoms with van der Waals surface area (Å²) in [6.45, 7) is 1.92. The Labute approximate surface area is 244 Å².